The number of benzene rings is 1. The summed E-state index contributed by atoms with van der Waals surface area (Å²) in [5.41, 5.74) is 1.34. The van der Waals surface area contributed by atoms with E-state index in [9.17, 15) is 5.11 Å². The summed E-state index contributed by atoms with van der Waals surface area (Å²) < 4.78 is 5.54. The largest absolute Gasteiger partial charge is 0.491 e. The van der Waals surface area contributed by atoms with Gasteiger partial charge in [0.05, 0.1) is 6.10 Å². The van der Waals surface area contributed by atoms with Crippen LogP contribution in [0.5, 0.6) is 5.75 Å². The zero-order chi connectivity index (χ0) is 12.7. The molecule has 1 rings (SSSR count). The van der Waals surface area contributed by atoms with E-state index in [1.165, 1.54) is 5.56 Å². The van der Waals surface area contributed by atoms with Crippen molar-refractivity contribution < 1.29 is 9.84 Å². The van der Waals surface area contributed by atoms with Crippen molar-refractivity contribution >= 4 is 0 Å². The first-order chi connectivity index (χ1) is 8.17. The van der Waals surface area contributed by atoms with Gasteiger partial charge in [-0.1, -0.05) is 39.3 Å². The summed E-state index contributed by atoms with van der Waals surface area (Å²) in [5, 5.41) is 9.57. The lowest BCUT2D eigenvalue weighted by atomic mass is 9.99. The van der Waals surface area contributed by atoms with Crippen LogP contribution in [0, 0.1) is 0 Å². The molecular weight excluding hydrogens is 212 g/mol. The van der Waals surface area contributed by atoms with E-state index in [2.05, 4.69) is 32.9 Å². The highest BCUT2D eigenvalue weighted by atomic mass is 16.5. The third-order valence-electron chi connectivity index (χ3n) is 3.13. The molecule has 0 aliphatic rings. The molecule has 0 aliphatic heterocycles. The summed E-state index contributed by atoms with van der Waals surface area (Å²) in [5.74, 6) is 1.43. The Morgan fingerprint density at radius 2 is 1.82 bits per heavy atom. The molecule has 0 radical (unpaired) electrons. The molecule has 0 aromatic heterocycles. The van der Waals surface area contributed by atoms with Crippen molar-refractivity contribution in [2.45, 2.75) is 52.1 Å². The Balaban J connectivity index is 2.45. The molecule has 1 aromatic rings. The molecule has 0 fully saturated rings. The van der Waals surface area contributed by atoms with Gasteiger partial charge in [-0.3, -0.25) is 0 Å². The lowest BCUT2D eigenvalue weighted by molar-refractivity contribution is 0.0993. The predicted molar refractivity (Wildman–Crippen MR) is 71.6 cm³/mol. The van der Waals surface area contributed by atoms with Gasteiger partial charge in [0.25, 0.3) is 0 Å². The van der Waals surface area contributed by atoms with Crippen LogP contribution >= 0.6 is 0 Å². The average Bonchev–Trinajstić information content (AvgIpc) is 2.36. The zero-order valence-electron chi connectivity index (χ0n) is 11.1. The van der Waals surface area contributed by atoms with Gasteiger partial charge >= 0.3 is 0 Å². The molecule has 1 aromatic carbocycles. The normalized spacial score (nSPS) is 14.4. The maximum absolute atomic E-state index is 9.57. The Bertz CT molecular complexity index is 305. The van der Waals surface area contributed by atoms with Crippen LogP contribution < -0.4 is 4.74 Å². The predicted octanol–water partition coefficient (Wildman–Crippen LogP) is 3.74. The van der Waals surface area contributed by atoms with Gasteiger partial charge in [0.15, 0.2) is 0 Å². The van der Waals surface area contributed by atoms with Gasteiger partial charge in [-0.25, -0.2) is 0 Å². The first-order valence-corrected chi connectivity index (χ1v) is 6.58. The monoisotopic (exact) mass is 236 g/mol. The van der Waals surface area contributed by atoms with Crippen LogP contribution in [-0.4, -0.2) is 17.8 Å². The fourth-order valence-electron chi connectivity index (χ4n) is 1.74. The molecule has 2 atom stereocenters. The van der Waals surface area contributed by atoms with Crippen molar-refractivity contribution in [3.8, 4) is 5.75 Å². The van der Waals surface area contributed by atoms with Gasteiger partial charge < -0.3 is 9.84 Å². The molecule has 0 bridgehead atoms. The average molecular weight is 236 g/mol. The highest BCUT2D eigenvalue weighted by Crippen LogP contribution is 2.21. The van der Waals surface area contributed by atoms with Gasteiger partial charge in [0.1, 0.15) is 12.4 Å². The van der Waals surface area contributed by atoms with E-state index in [0.29, 0.717) is 12.5 Å². The second-order valence-electron chi connectivity index (χ2n) is 4.63. The third kappa shape index (κ3) is 4.78. The highest BCUT2D eigenvalue weighted by molar-refractivity contribution is 5.29. The van der Waals surface area contributed by atoms with Crippen LogP contribution in [0.15, 0.2) is 24.3 Å². The maximum atomic E-state index is 9.57. The Kier molecular flexibility index (Phi) is 6.06. The molecule has 2 heteroatoms. The van der Waals surface area contributed by atoms with Gasteiger partial charge in [-0.05, 0) is 36.5 Å². The summed E-state index contributed by atoms with van der Waals surface area (Å²) in [6.45, 7) is 6.86. The lowest BCUT2D eigenvalue weighted by Gasteiger charge is -2.13. The van der Waals surface area contributed by atoms with E-state index < -0.39 is 0 Å². The van der Waals surface area contributed by atoms with Crippen LogP contribution in [0.1, 0.15) is 51.5 Å². The van der Waals surface area contributed by atoms with Crippen molar-refractivity contribution in [1.82, 2.24) is 0 Å². The minimum absolute atomic E-state index is 0.353. The first kappa shape index (κ1) is 14.0. The highest BCUT2D eigenvalue weighted by Gasteiger charge is 2.05. The van der Waals surface area contributed by atoms with Crippen molar-refractivity contribution in [1.29, 1.82) is 0 Å². The fraction of sp³-hybridized carbons (Fsp3) is 0.600. The first-order valence-electron chi connectivity index (χ1n) is 6.58. The minimum atomic E-state index is -0.353. The SMILES string of the molecule is CCCC(O)COc1ccc(C(C)CC)cc1. The van der Waals surface area contributed by atoms with Gasteiger partial charge in [-0.2, -0.15) is 0 Å². The van der Waals surface area contributed by atoms with Crippen LogP contribution in [0.2, 0.25) is 0 Å². The van der Waals surface area contributed by atoms with Crippen molar-refractivity contribution in [3.63, 3.8) is 0 Å². The Labute approximate surface area is 105 Å². The maximum Gasteiger partial charge on any atom is 0.119 e. The van der Waals surface area contributed by atoms with Crippen molar-refractivity contribution in [2.24, 2.45) is 0 Å². The summed E-state index contributed by atoms with van der Waals surface area (Å²) >= 11 is 0. The quantitative estimate of drug-likeness (QED) is 0.781. The molecule has 0 heterocycles. The summed E-state index contributed by atoms with van der Waals surface area (Å²) in [6.07, 6.45) is 2.58. The van der Waals surface area contributed by atoms with E-state index in [-0.39, 0.29) is 6.10 Å². The molecular formula is C15H24O2. The van der Waals surface area contributed by atoms with Crippen molar-refractivity contribution in [3.05, 3.63) is 29.8 Å². The summed E-state index contributed by atoms with van der Waals surface area (Å²) in [4.78, 5) is 0. The number of aliphatic hydroxyl groups is 1. The van der Waals surface area contributed by atoms with E-state index in [0.717, 1.165) is 25.0 Å². The standard InChI is InChI=1S/C15H24O2/c1-4-6-14(16)11-17-15-9-7-13(8-10-15)12(3)5-2/h7-10,12,14,16H,4-6,11H2,1-3H3. The second kappa shape index (κ2) is 7.33. The van der Waals surface area contributed by atoms with Crippen LogP contribution in [0.4, 0.5) is 0 Å². The zero-order valence-corrected chi connectivity index (χ0v) is 11.1. The smallest absolute Gasteiger partial charge is 0.119 e. The molecule has 2 unspecified atom stereocenters. The summed E-state index contributed by atoms with van der Waals surface area (Å²) in [7, 11) is 0. The molecule has 0 aliphatic carbocycles. The number of hydrogen-bond acceptors (Lipinski definition) is 2. The van der Waals surface area contributed by atoms with Crippen LogP contribution in [-0.2, 0) is 0 Å². The van der Waals surface area contributed by atoms with E-state index >= 15 is 0 Å². The fourth-order valence-corrected chi connectivity index (χ4v) is 1.74. The molecule has 1 N–H and O–H groups in total. The van der Waals surface area contributed by atoms with Crippen LogP contribution in [0.3, 0.4) is 0 Å². The van der Waals surface area contributed by atoms with Crippen LogP contribution in [0.25, 0.3) is 0 Å². The molecule has 0 amide bonds. The van der Waals surface area contributed by atoms with Gasteiger partial charge in [-0.15, -0.1) is 0 Å². The Hall–Kier alpha value is -1.02. The third-order valence-corrected chi connectivity index (χ3v) is 3.13. The molecule has 96 valence electrons. The number of rotatable bonds is 7. The van der Waals surface area contributed by atoms with E-state index in [1.807, 2.05) is 12.1 Å². The second-order valence-corrected chi connectivity index (χ2v) is 4.63. The molecule has 0 spiro atoms. The van der Waals surface area contributed by atoms with E-state index in [1.54, 1.807) is 0 Å². The molecule has 0 saturated carbocycles. The van der Waals surface area contributed by atoms with E-state index in [4.69, 9.17) is 4.74 Å². The lowest BCUT2D eigenvalue weighted by Crippen LogP contribution is -2.16. The minimum Gasteiger partial charge on any atom is -0.491 e. The molecule has 17 heavy (non-hydrogen) atoms. The topological polar surface area (TPSA) is 29.5 Å². The number of hydrogen-bond donors (Lipinski definition) is 1. The van der Waals surface area contributed by atoms with Gasteiger partial charge in [0.2, 0.25) is 0 Å². The van der Waals surface area contributed by atoms with Gasteiger partial charge in [0, 0.05) is 0 Å². The Morgan fingerprint density at radius 1 is 1.18 bits per heavy atom. The van der Waals surface area contributed by atoms with Crippen molar-refractivity contribution in [2.75, 3.05) is 6.61 Å². The summed E-state index contributed by atoms with van der Waals surface area (Å²) in [6, 6.07) is 8.19. The number of ether oxygens (including phenoxy) is 1. The Morgan fingerprint density at radius 3 is 2.35 bits per heavy atom. The molecule has 0 saturated heterocycles. The molecule has 2 nitrogen and oxygen atoms in total. The number of aliphatic hydroxyl groups excluding tert-OH is 1.